The molecule has 0 atom stereocenters. The van der Waals surface area contributed by atoms with Crippen molar-refractivity contribution in [2.24, 2.45) is 0 Å². The smallest absolute Gasteiger partial charge is 0.201 e. The molecule has 0 saturated carbocycles. The number of rotatable bonds is 2. The van der Waals surface area contributed by atoms with Crippen LogP contribution in [-0.2, 0) is 19.3 Å². The number of aryl methyl sites for hydroxylation is 2. The van der Waals surface area contributed by atoms with Crippen molar-refractivity contribution in [1.29, 1.82) is 0 Å². The monoisotopic (exact) mass is 352 g/mol. The van der Waals surface area contributed by atoms with Crippen molar-refractivity contribution in [3.05, 3.63) is 56.9 Å². The third kappa shape index (κ3) is 2.13. The summed E-state index contributed by atoms with van der Waals surface area (Å²) < 4.78 is 2.65. The Morgan fingerprint density at radius 2 is 2.00 bits per heavy atom. The van der Waals surface area contributed by atoms with E-state index in [0.29, 0.717) is 4.77 Å². The van der Waals surface area contributed by atoms with E-state index in [1.54, 1.807) is 0 Å². The van der Waals surface area contributed by atoms with E-state index in [2.05, 4.69) is 34.5 Å². The lowest BCUT2D eigenvalue weighted by Gasteiger charge is -2.10. The van der Waals surface area contributed by atoms with E-state index in [1.807, 2.05) is 21.8 Å². The Morgan fingerprint density at radius 1 is 1.17 bits per heavy atom. The molecule has 0 radical (unpaired) electrons. The molecule has 0 aliphatic heterocycles. The quantitative estimate of drug-likeness (QED) is 0.541. The maximum absolute atomic E-state index is 5.49. The van der Waals surface area contributed by atoms with Gasteiger partial charge in [0.2, 0.25) is 4.77 Å². The standard InChI is InChI=1S/C18H16N4S2/c23-18-21-20-16-15-12-8-4-5-9-13(12)24-17(15)19-14(22(16)18)10-11-6-2-1-3-7-11/h1-3,6-7H,4-5,8-10H2,(H,21,23). The molecule has 5 rings (SSSR count). The Kier molecular flexibility index (Phi) is 3.28. The van der Waals surface area contributed by atoms with Crippen LogP contribution in [0.5, 0.6) is 0 Å². The molecule has 6 heteroatoms. The highest BCUT2D eigenvalue weighted by Crippen LogP contribution is 2.37. The average Bonchev–Trinajstić information content (AvgIpc) is 3.16. The zero-order chi connectivity index (χ0) is 16.1. The van der Waals surface area contributed by atoms with Gasteiger partial charge in [0.1, 0.15) is 10.7 Å². The molecule has 0 bridgehead atoms. The van der Waals surface area contributed by atoms with Crippen molar-refractivity contribution in [3.8, 4) is 0 Å². The summed E-state index contributed by atoms with van der Waals surface area (Å²) in [5.74, 6) is 0.959. The third-order valence-electron chi connectivity index (χ3n) is 4.74. The minimum absolute atomic E-state index is 0.626. The number of hydrogen-bond donors (Lipinski definition) is 1. The first-order valence-electron chi connectivity index (χ1n) is 8.25. The highest BCUT2D eigenvalue weighted by Gasteiger charge is 2.22. The fourth-order valence-electron chi connectivity index (χ4n) is 3.63. The third-order valence-corrected chi connectivity index (χ3v) is 6.20. The van der Waals surface area contributed by atoms with Gasteiger partial charge in [0, 0.05) is 11.3 Å². The van der Waals surface area contributed by atoms with Crippen molar-refractivity contribution in [3.63, 3.8) is 0 Å². The first-order chi connectivity index (χ1) is 11.8. The fraction of sp³-hybridized carbons (Fsp3) is 0.278. The van der Waals surface area contributed by atoms with Crippen LogP contribution in [0, 0.1) is 4.77 Å². The number of benzene rings is 1. The SMILES string of the molecule is S=c1[nH]nc2c3c4c(sc3nc(Cc3ccccc3)n12)CCCC4. The molecule has 3 aromatic heterocycles. The van der Waals surface area contributed by atoms with E-state index in [1.165, 1.54) is 40.7 Å². The Bertz CT molecular complexity index is 1100. The normalized spacial score (nSPS) is 14.3. The summed E-state index contributed by atoms with van der Waals surface area (Å²) in [4.78, 5) is 7.58. The molecule has 0 saturated heterocycles. The predicted molar refractivity (Wildman–Crippen MR) is 99.4 cm³/mol. The number of fused-ring (bicyclic) bond motifs is 5. The Morgan fingerprint density at radius 3 is 2.88 bits per heavy atom. The summed E-state index contributed by atoms with van der Waals surface area (Å²) in [5, 5.41) is 8.72. The van der Waals surface area contributed by atoms with Crippen LogP contribution in [0.2, 0.25) is 0 Å². The van der Waals surface area contributed by atoms with Crippen LogP contribution >= 0.6 is 23.6 Å². The molecule has 120 valence electrons. The number of aromatic nitrogens is 4. The van der Waals surface area contributed by atoms with Crippen molar-refractivity contribution in [1.82, 2.24) is 19.6 Å². The molecule has 0 fully saturated rings. The van der Waals surface area contributed by atoms with Crippen LogP contribution in [-0.4, -0.2) is 19.6 Å². The van der Waals surface area contributed by atoms with Crippen LogP contribution in [0.15, 0.2) is 30.3 Å². The highest BCUT2D eigenvalue weighted by atomic mass is 32.1. The average molecular weight is 352 g/mol. The molecule has 1 aliphatic carbocycles. The summed E-state index contributed by atoms with van der Waals surface area (Å²) in [6.07, 6.45) is 5.58. The number of nitrogens with one attached hydrogen (secondary N) is 1. The molecule has 0 amide bonds. The molecule has 3 heterocycles. The van der Waals surface area contributed by atoms with Crippen LogP contribution in [0.4, 0.5) is 0 Å². The van der Waals surface area contributed by atoms with Gasteiger partial charge in [-0.25, -0.2) is 4.98 Å². The van der Waals surface area contributed by atoms with Gasteiger partial charge in [0.05, 0.1) is 5.39 Å². The highest BCUT2D eigenvalue weighted by molar-refractivity contribution is 7.71. The van der Waals surface area contributed by atoms with Crippen LogP contribution in [0.1, 0.15) is 34.7 Å². The summed E-state index contributed by atoms with van der Waals surface area (Å²) in [6, 6.07) is 10.4. The van der Waals surface area contributed by atoms with Gasteiger partial charge >= 0.3 is 0 Å². The fourth-order valence-corrected chi connectivity index (χ4v) is 5.14. The van der Waals surface area contributed by atoms with E-state index >= 15 is 0 Å². The van der Waals surface area contributed by atoms with Crippen LogP contribution < -0.4 is 0 Å². The van der Waals surface area contributed by atoms with Gasteiger partial charge in [-0.3, -0.25) is 9.50 Å². The lowest BCUT2D eigenvalue weighted by atomic mass is 9.97. The summed E-state index contributed by atoms with van der Waals surface area (Å²) in [5.41, 5.74) is 3.62. The molecule has 0 unspecified atom stereocenters. The van der Waals surface area contributed by atoms with Crippen molar-refractivity contribution >= 4 is 39.4 Å². The molecule has 0 spiro atoms. The first-order valence-corrected chi connectivity index (χ1v) is 9.48. The molecule has 24 heavy (non-hydrogen) atoms. The second-order valence-corrected chi connectivity index (χ2v) is 7.74. The van der Waals surface area contributed by atoms with Crippen LogP contribution in [0.25, 0.3) is 15.9 Å². The number of nitrogens with zero attached hydrogens (tertiary/aromatic N) is 3. The molecule has 4 nitrogen and oxygen atoms in total. The van der Waals surface area contributed by atoms with E-state index < -0.39 is 0 Å². The molecule has 4 aromatic rings. The van der Waals surface area contributed by atoms with Crippen molar-refractivity contribution < 1.29 is 0 Å². The van der Waals surface area contributed by atoms with Gasteiger partial charge in [-0.1, -0.05) is 30.3 Å². The largest absolute Gasteiger partial charge is 0.255 e. The molecular weight excluding hydrogens is 336 g/mol. The van der Waals surface area contributed by atoms with Gasteiger partial charge in [0.25, 0.3) is 0 Å². The Hall–Kier alpha value is -2.05. The topological polar surface area (TPSA) is 46.0 Å². The van der Waals surface area contributed by atoms with Crippen LogP contribution in [0.3, 0.4) is 0 Å². The summed E-state index contributed by atoms with van der Waals surface area (Å²) >= 11 is 7.33. The van der Waals surface area contributed by atoms with E-state index in [4.69, 9.17) is 17.2 Å². The van der Waals surface area contributed by atoms with Gasteiger partial charge in [0.15, 0.2) is 5.65 Å². The first kappa shape index (κ1) is 14.3. The Balaban J connectivity index is 1.80. The van der Waals surface area contributed by atoms with Crippen molar-refractivity contribution in [2.75, 3.05) is 0 Å². The van der Waals surface area contributed by atoms with Crippen molar-refractivity contribution in [2.45, 2.75) is 32.1 Å². The lowest BCUT2D eigenvalue weighted by Crippen LogP contribution is -2.04. The lowest BCUT2D eigenvalue weighted by molar-refractivity contribution is 0.700. The van der Waals surface area contributed by atoms with E-state index in [0.717, 1.165) is 29.1 Å². The minimum Gasteiger partial charge on any atom is -0.255 e. The van der Waals surface area contributed by atoms with Gasteiger partial charge in [-0.05, 0) is 49.0 Å². The van der Waals surface area contributed by atoms with E-state index in [9.17, 15) is 0 Å². The van der Waals surface area contributed by atoms with E-state index in [-0.39, 0.29) is 0 Å². The predicted octanol–water partition coefficient (Wildman–Crippen LogP) is 4.47. The summed E-state index contributed by atoms with van der Waals surface area (Å²) in [6.45, 7) is 0. The van der Waals surface area contributed by atoms with Gasteiger partial charge in [-0.15, -0.1) is 11.3 Å². The minimum atomic E-state index is 0.626. The number of aromatic amines is 1. The van der Waals surface area contributed by atoms with Gasteiger partial charge < -0.3 is 0 Å². The zero-order valence-corrected chi connectivity index (χ0v) is 14.7. The molecule has 1 N–H and O–H groups in total. The number of H-pyrrole nitrogens is 1. The maximum atomic E-state index is 5.49. The van der Waals surface area contributed by atoms with Gasteiger partial charge in [-0.2, -0.15) is 5.10 Å². The molecule has 1 aliphatic rings. The molecular formula is C18H16N4S2. The maximum Gasteiger partial charge on any atom is 0.201 e. The number of thiophene rings is 1. The number of hydrogen-bond acceptors (Lipinski definition) is 4. The second kappa shape index (κ2) is 5.50. The Labute approximate surface area is 148 Å². The zero-order valence-electron chi connectivity index (χ0n) is 13.1. The second-order valence-electron chi connectivity index (χ2n) is 6.27. The molecule has 1 aromatic carbocycles. The summed E-state index contributed by atoms with van der Waals surface area (Å²) in [7, 11) is 0.